The van der Waals surface area contributed by atoms with Crippen LogP contribution in [-0.4, -0.2) is 63.5 Å². The molecule has 0 saturated carbocycles. The molecular weight excluding hydrogens is 406 g/mol. The molecule has 3 aliphatic heterocycles. The maximum Gasteiger partial charge on any atom is 0.227 e. The molecule has 2 fully saturated rings. The summed E-state index contributed by atoms with van der Waals surface area (Å²) in [5.74, 6) is 4.08. The van der Waals surface area contributed by atoms with Gasteiger partial charge in [-0.05, 0) is 31.7 Å². The lowest BCUT2D eigenvalue weighted by molar-refractivity contribution is 0.0903. The molecule has 6 heterocycles. The molecule has 0 radical (unpaired) electrons. The van der Waals surface area contributed by atoms with Gasteiger partial charge in [0.2, 0.25) is 5.95 Å². The van der Waals surface area contributed by atoms with Gasteiger partial charge in [-0.25, -0.2) is 9.97 Å². The molecule has 0 spiro atoms. The summed E-state index contributed by atoms with van der Waals surface area (Å²) in [5.41, 5.74) is 3.14. The number of fused-ring (bicyclic) bond motifs is 2. The van der Waals surface area contributed by atoms with Gasteiger partial charge in [0.1, 0.15) is 11.3 Å². The molecule has 168 valence electrons. The van der Waals surface area contributed by atoms with E-state index in [-0.39, 0.29) is 0 Å². The third kappa shape index (κ3) is 3.54. The summed E-state index contributed by atoms with van der Waals surface area (Å²) in [6, 6.07) is 2.41. The first-order valence-electron chi connectivity index (χ1n) is 11.7. The number of anilines is 2. The van der Waals surface area contributed by atoms with Crippen LogP contribution in [0.25, 0.3) is 11.0 Å². The summed E-state index contributed by atoms with van der Waals surface area (Å²) in [5, 5.41) is 3.62. The van der Waals surface area contributed by atoms with Gasteiger partial charge in [-0.15, -0.1) is 0 Å². The van der Waals surface area contributed by atoms with Crippen LogP contribution in [0.1, 0.15) is 43.1 Å². The molecule has 0 aliphatic carbocycles. The Kier molecular flexibility index (Phi) is 5.05. The number of hydrogen-bond donors (Lipinski definition) is 1. The fourth-order valence-electron chi connectivity index (χ4n) is 5.10. The Morgan fingerprint density at radius 3 is 2.69 bits per heavy atom. The van der Waals surface area contributed by atoms with E-state index in [2.05, 4.69) is 26.8 Å². The SMILES string of the molecule is Cn1c(C2CCN(c3nc4c(c(NC5CCOCC5)n3)OCC4)CC2)nc2cnccc21. The normalized spacial score (nSPS) is 19.8. The first kappa shape index (κ1) is 19.7. The number of aromatic nitrogens is 5. The van der Waals surface area contributed by atoms with Gasteiger partial charge in [0.25, 0.3) is 0 Å². The minimum Gasteiger partial charge on any atom is -0.487 e. The van der Waals surface area contributed by atoms with Crippen molar-refractivity contribution in [3.05, 3.63) is 30.0 Å². The third-order valence-corrected chi connectivity index (χ3v) is 6.93. The van der Waals surface area contributed by atoms with Crippen LogP contribution in [-0.2, 0) is 18.2 Å². The van der Waals surface area contributed by atoms with Crippen LogP contribution in [0, 0.1) is 0 Å². The molecule has 3 aliphatic rings. The van der Waals surface area contributed by atoms with Crippen molar-refractivity contribution in [2.24, 2.45) is 7.05 Å². The van der Waals surface area contributed by atoms with Crippen LogP contribution in [0.5, 0.6) is 5.75 Å². The van der Waals surface area contributed by atoms with E-state index in [0.29, 0.717) is 18.6 Å². The fourth-order valence-corrected chi connectivity index (χ4v) is 5.10. The molecule has 0 aromatic carbocycles. The molecule has 32 heavy (non-hydrogen) atoms. The summed E-state index contributed by atoms with van der Waals surface area (Å²) in [6.45, 7) is 4.11. The van der Waals surface area contributed by atoms with E-state index in [1.807, 2.05) is 18.5 Å². The molecule has 0 bridgehead atoms. The Morgan fingerprint density at radius 2 is 1.88 bits per heavy atom. The first-order chi connectivity index (χ1) is 15.8. The van der Waals surface area contributed by atoms with E-state index < -0.39 is 0 Å². The Labute approximate surface area is 187 Å². The van der Waals surface area contributed by atoms with Crippen LogP contribution in [0.15, 0.2) is 18.5 Å². The molecule has 0 atom stereocenters. The average molecular weight is 436 g/mol. The number of ether oxygens (including phenoxy) is 2. The molecule has 2 saturated heterocycles. The van der Waals surface area contributed by atoms with E-state index >= 15 is 0 Å². The third-order valence-electron chi connectivity index (χ3n) is 6.93. The average Bonchev–Trinajstić information content (AvgIpc) is 3.45. The fraction of sp³-hybridized carbons (Fsp3) is 0.565. The monoisotopic (exact) mass is 435 g/mol. The minimum atomic E-state index is 0.373. The lowest BCUT2D eigenvalue weighted by Gasteiger charge is -2.32. The highest BCUT2D eigenvalue weighted by molar-refractivity contribution is 5.74. The summed E-state index contributed by atoms with van der Waals surface area (Å²) in [4.78, 5) is 21.2. The predicted octanol–water partition coefficient (Wildman–Crippen LogP) is 2.67. The molecule has 9 heteroatoms. The van der Waals surface area contributed by atoms with E-state index in [1.165, 1.54) is 0 Å². The number of pyridine rings is 1. The van der Waals surface area contributed by atoms with Gasteiger partial charge in [-0.2, -0.15) is 4.98 Å². The second kappa shape index (κ2) is 8.20. The largest absolute Gasteiger partial charge is 0.487 e. The first-order valence-corrected chi connectivity index (χ1v) is 11.7. The number of piperidine rings is 1. The van der Waals surface area contributed by atoms with Crippen molar-refractivity contribution in [1.29, 1.82) is 0 Å². The molecule has 0 amide bonds. The Hall–Kier alpha value is -2.94. The van der Waals surface area contributed by atoms with Crippen molar-refractivity contribution in [1.82, 2.24) is 24.5 Å². The second-order valence-electron chi connectivity index (χ2n) is 8.93. The summed E-state index contributed by atoms with van der Waals surface area (Å²) >= 11 is 0. The van der Waals surface area contributed by atoms with Gasteiger partial charge in [0, 0.05) is 57.9 Å². The molecule has 6 rings (SSSR count). The number of imidazole rings is 1. The highest BCUT2D eigenvalue weighted by atomic mass is 16.5. The van der Waals surface area contributed by atoms with Gasteiger partial charge in [-0.1, -0.05) is 0 Å². The number of nitrogens with one attached hydrogen (secondary N) is 1. The van der Waals surface area contributed by atoms with Crippen LogP contribution in [0.3, 0.4) is 0 Å². The lowest BCUT2D eigenvalue weighted by atomic mass is 9.96. The highest BCUT2D eigenvalue weighted by Gasteiger charge is 2.29. The van der Waals surface area contributed by atoms with Gasteiger partial charge < -0.3 is 24.3 Å². The van der Waals surface area contributed by atoms with E-state index in [4.69, 9.17) is 24.4 Å². The van der Waals surface area contributed by atoms with Gasteiger partial charge in [0.05, 0.1) is 24.0 Å². The summed E-state index contributed by atoms with van der Waals surface area (Å²) in [7, 11) is 2.11. The molecular formula is C23H29N7O2. The molecule has 1 N–H and O–H groups in total. The maximum atomic E-state index is 5.88. The lowest BCUT2D eigenvalue weighted by Crippen LogP contribution is -2.35. The summed E-state index contributed by atoms with van der Waals surface area (Å²) < 4.78 is 13.6. The van der Waals surface area contributed by atoms with Gasteiger partial charge >= 0.3 is 0 Å². The number of rotatable bonds is 4. The zero-order chi connectivity index (χ0) is 21.5. The van der Waals surface area contributed by atoms with Gasteiger partial charge in [-0.3, -0.25) is 4.98 Å². The van der Waals surface area contributed by atoms with Gasteiger partial charge in [0.15, 0.2) is 11.6 Å². The quantitative estimate of drug-likeness (QED) is 0.669. The number of nitrogens with zero attached hydrogens (tertiary/aromatic N) is 6. The molecule has 3 aromatic heterocycles. The van der Waals surface area contributed by atoms with Crippen LogP contribution in [0.4, 0.5) is 11.8 Å². The summed E-state index contributed by atoms with van der Waals surface area (Å²) in [6.07, 6.45) is 8.57. The van der Waals surface area contributed by atoms with Crippen LogP contribution in [0.2, 0.25) is 0 Å². The van der Waals surface area contributed by atoms with Crippen molar-refractivity contribution in [2.45, 2.75) is 44.1 Å². The Balaban J connectivity index is 1.20. The molecule has 0 unspecified atom stereocenters. The van der Waals surface area contributed by atoms with E-state index in [9.17, 15) is 0 Å². The van der Waals surface area contributed by atoms with Crippen LogP contribution < -0.4 is 15.0 Å². The Morgan fingerprint density at radius 1 is 1.03 bits per heavy atom. The smallest absolute Gasteiger partial charge is 0.227 e. The van der Waals surface area contributed by atoms with Crippen molar-refractivity contribution in [2.75, 3.05) is 43.1 Å². The number of aryl methyl sites for hydroxylation is 1. The molecule has 3 aromatic rings. The minimum absolute atomic E-state index is 0.373. The van der Waals surface area contributed by atoms with Crippen molar-refractivity contribution < 1.29 is 9.47 Å². The van der Waals surface area contributed by atoms with Crippen molar-refractivity contribution >= 4 is 22.8 Å². The van der Waals surface area contributed by atoms with Crippen LogP contribution >= 0.6 is 0 Å². The maximum absolute atomic E-state index is 5.88. The molecule has 9 nitrogen and oxygen atoms in total. The predicted molar refractivity (Wildman–Crippen MR) is 121 cm³/mol. The Bertz CT molecular complexity index is 1120. The van der Waals surface area contributed by atoms with E-state index in [0.717, 1.165) is 98.5 Å². The van der Waals surface area contributed by atoms with E-state index in [1.54, 1.807) is 0 Å². The number of hydrogen-bond acceptors (Lipinski definition) is 8. The zero-order valence-corrected chi connectivity index (χ0v) is 18.5. The van der Waals surface area contributed by atoms with Crippen molar-refractivity contribution in [3.8, 4) is 5.75 Å². The highest BCUT2D eigenvalue weighted by Crippen LogP contribution is 2.36. The topological polar surface area (TPSA) is 90.2 Å². The second-order valence-corrected chi connectivity index (χ2v) is 8.93. The van der Waals surface area contributed by atoms with Crippen molar-refractivity contribution in [3.63, 3.8) is 0 Å². The zero-order valence-electron chi connectivity index (χ0n) is 18.5. The standard InChI is InChI=1S/C23H29N7O2/c1-29-19-2-8-24-14-18(19)26-22(29)15-3-9-30(10-4-15)23-27-17-7-13-32-20(17)21(28-23)25-16-5-11-31-12-6-16/h2,8,14-16H,3-7,9-13H2,1H3,(H,25,27,28).